The van der Waals surface area contributed by atoms with Crippen molar-refractivity contribution in [2.75, 3.05) is 4.72 Å². The number of rotatable bonds is 3. The Kier molecular flexibility index (Phi) is 2.41. The molecule has 0 aliphatic heterocycles. The van der Waals surface area contributed by atoms with Gasteiger partial charge in [-0.05, 0) is 31.0 Å². The highest BCUT2D eigenvalue weighted by Gasteiger charge is 2.35. The predicted molar refractivity (Wildman–Crippen MR) is 59.9 cm³/mol. The molecule has 0 amide bonds. The summed E-state index contributed by atoms with van der Waals surface area (Å²) in [4.78, 5) is 0. The van der Waals surface area contributed by atoms with Crippen molar-refractivity contribution >= 4 is 15.7 Å². The van der Waals surface area contributed by atoms with E-state index < -0.39 is 10.0 Å². The van der Waals surface area contributed by atoms with Crippen LogP contribution in [0.5, 0.6) is 0 Å². The molecule has 1 aliphatic carbocycles. The van der Waals surface area contributed by atoms with Crippen molar-refractivity contribution < 1.29 is 8.42 Å². The normalized spacial score (nSPS) is 15.7. The van der Waals surface area contributed by atoms with Crippen LogP contribution >= 0.6 is 0 Å². The molecule has 0 unspecified atom stereocenters. The first-order chi connectivity index (χ1) is 7.12. The Labute approximate surface area is 89.6 Å². The summed E-state index contributed by atoms with van der Waals surface area (Å²) >= 11 is 0. The molecule has 1 saturated carbocycles. The number of terminal acetylenes is 1. The van der Waals surface area contributed by atoms with E-state index in [1.807, 2.05) is 0 Å². The van der Waals surface area contributed by atoms with Gasteiger partial charge >= 0.3 is 0 Å². The molecule has 4 heteroatoms. The van der Waals surface area contributed by atoms with E-state index >= 15 is 0 Å². The van der Waals surface area contributed by atoms with E-state index in [1.165, 1.54) is 0 Å². The average molecular weight is 221 g/mol. The first-order valence-electron chi connectivity index (χ1n) is 4.70. The number of nitrogens with one attached hydrogen (secondary N) is 1. The largest absolute Gasteiger partial charge is 0.283 e. The fourth-order valence-electron chi connectivity index (χ4n) is 1.30. The number of hydrogen-bond donors (Lipinski definition) is 1. The Bertz CT molecular complexity index is 510. The Morgan fingerprint density at radius 2 is 2.13 bits per heavy atom. The molecule has 78 valence electrons. The second-order valence-corrected chi connectivity index (χ2v) is 5.53. The minimum absolute atomic E-state index is 0.216. The maximum Gasteiger partial charge on any atom is 0.235 e. The zero-order valence-corrected chi connectivity index (χ0v) is 8.92. The van der Waals surface area contributed by atoms with Crippen molar-refractivity contribution in [3.05, 3.63) is 29.8 Å². The summed E-state index contributed by atoms with van der Waals surface area (Å²) in [6.45, 7) is 0. The third-order valence-corrected chi connectivity index (χ3v) is 4.12. The van der Waals surface area contributed by atoms with Crippen molar-refractivity contribution in [2.45, 2.75) is 18.1 Å². The average Bonchev–Trinajstić information content (AvgIpc) is 3.00. The van der Waals surface area contributed by atoms with Crippen molar-refractivity contribution in [3.63, 3.8) is 0 Å². The zero-order chi connectivity index (χ0) is 10.9. The van der Waals surface area contributed by atoms with Gasteiger partial charge in [-0.2, -0.15) is 0 Å². The molecule has 1 fully saturated rings. The Hall–Kier alpha value is -1.47. The van der Waals surface area contributed by atoms with Crippen molar-refractivity contribution in [2.24, 2.45) is 0 Å². The van der Waals surface area contributed by atoms with Crippen molar-refractivity contribution in [3.8, 4) is 12.3 Å². The summed E-state index contributed by atoms with van der Waals surface area (Å²) in [5.74, 6) is 2.46. The summed E-state index contributed by atoms with van der Waals surface area (Å²) < 4.78 is 25.7. The lowest BCUT2D eigenvalue weighted by molar-refractivity contribution is 0.600. The quantitative estimate of drug-likeness (QED) is 0.787. The number of hydrogen-bond acceptors (Lipinski definition) is 2. The summed E-state index contributed by atoms with van der Waals surface area (Å²) in [6.07, 6.45) is 6.74. The molecule has 0 aromatic heterocycles. The molecule has 0 heterocycles. The van der Waals surface area contributed by atoms with Gasteiger partial charge in [-0.25, -0.2) is 8.42 Å². The van der Waals surface area contributed by atoms with Crippen LogP contribution < -0.4 is 4.72 Å². The van der Waals surface area contributed by atoms with Crippen LogP contribution in [0.1, 0.15) is 18.4 Å². The molecule has 0 spiro atoms. The van der Waals surface area contributed by atoms with E-state index in [9.17, 15) is 8.42 Å². The van der Waals surface area contributed by atoms with Crippen LogP contribution in [-0.4, -0.2) is 13.7 Å². The number of benzene rings is 1. The van der Waals surface area contributed by atoms with Gasteiger partial charge in [0.2, 0.25) is 10.0 Å². The van der Waals surface area contributed by atoms with Gasteiger partial charge in [0.05, 0.1) is 5.25 Å². The van der Waals surface area contributed by atoms with Crippen LogP contribution in [0.4, 0.5) is 5.69 Å². The van der Waals surface area contributed by atoms with E-state index in [2.05, 4.69) is 10.6 Å². The summed E-state index contributed by atoms with van der Waals surface area (Å²) in [5.41, 5.74) is 1.21. The highest BCUT2D eigenvalue weighted by atomic mass is 32.2. The van der Waals surface area contributed by atoms with Gasteiger partial charge < -0.3 is 0 Å². The monoisotopic (exact) mass is 221 g/mol. The fourth-order valence-corrected chi connectivity index (χ4v) is 2.68. The Balaban J connectivity index is 2.21. The topological polar surface area (TPSA) is 46.2 Å². The standard InChI is InChI=1S/C11H11NO2S/c1-2-9-4-3-5-10(8-9)12-15(13,14)11-6-7-11/h1,3-5,8,11-12H,6-7H2. The van der Waals surface area contributed by atoms with Gasteiger partial charge in [-0.3, -0.25) is 4.72 Å². The van der Waals surface area contributed by atoms with E-state index in [1.54, 1.807) is 24.3 Å². The van der Waals surface area contributed by atoms with Gasteiger partial charge in [-0.15, -0.1) is 6.42 Å². The Morgan fingerprint density at radius 1 is 1.40 bits per heavy atom. The van der Waals surface area contributed by atoms with E-state index in [0.717, 1.165) is 12.8 Å². The molecule has 1 aliphatic rings. The first-order valence-corrected chi connectivity index (χ1v) is 6.25. The molecular weight excluding hydrogens is 210 g/mol. The lowest BCUT2D eigenvalue weighted by Gasteiger charge is -2.06. The van der Waals surface area contributed by atoms with Crippen LogP contribution in [-0.2, 0) is 10.0 Å². The van der Waals surface area contributed by atoms with Gasteiger partial charge in [0.15, 0.2) is 0 Å². The molecule has 3 nitrogen and oxygen atoms in total. The second kappa shape index (κ2) is 3.59. The maximum atomic E-state index is 11.6. The molecule has 1 aromatic rings. The molecule has 0 saturated heterocycles. The fraction of sp³-hybridized carbons (Fsp3) is 0.273. The SMILES string of the molecule is C#Cc1cccc(NS(=O)(=O)C2CC2)c1. The predicted octanol–water partition coefficient (Wildman–Crippen LogP) is 1.57. The molecule has 1 N–H and O–H groups in total. The van der Waals surface area contributed by atoms with Crippen LogP contribution in [0.25, 0.3) is 0 Å². The molecule has 0 atom stereocenters. The Morgan fingerprint density at radius 3 is 2.73 bits per heavy atom. The molecule has 0 radical (unpaired) electrons. The number of sulfonamides is 1. The third-order valence-electron chi connectivity index (χ3n) is 2.25. The van der Waals surface area contributed by atoms with E-state index in [0.29, 0.717) is 11.3 Å². The van der Waals surface area contributed by atoms with Crippen LogP contribution in [0.3, 0.4) is 0 Å². The smallest absolute Gasteiger partial charge is 0.235 e. The van der Waals surface area contributed by atoms with Crippen molar-refractivity contribution in [1.82, 2.24) is 0 Å². The molecule has 0 bridgehead atoms. The summed E-state index contributed by atoms with van der Waals surface area (Å²) in [5, 5.41) is -0.216. The summed E-state index contributed by atoms with van der Waals surface area (Å²) in [7, 11) is -3.18. The van der Waals surface area contributed by atoms with Crippen LogP contribution in [0.2, 0.25) is 0 Å². The van der Waals surface area contributed by atoms with Crippen molar-refractivity contribution in [1.29, 1.82) is 0 Å². The molecule has 1 aromatic carbocycles. The van der Waals surface area contributed by atoms with E-state index in [4.69, 9.17) is 6.42 Å². The maximum absolute atomic E-state index is 11.6. The third kappa shape index (κ3) is 2.31. The first kappa shape index (κ1) is 10.1. The van der Waals surface area contributed by atoms with Crippen LogP contribution in [0.15, 0.2) is 24.3 Å². The van der Waals surface area contributed by atoms with E-state index in [-0.39, 0.29) is 5.25 Å². The number of anilines is 1. The van der Waals surface area contributed by atoms with Gasteiger partial charge in [-0.1, -0.05) is 12.0 Å². The highest BCUT2D eigenvalue weighted by molar-refractivity contribution is 7.93. The van der Waals surface area contributed by atoms with Gasteiger partial charge in [0.25, 0.3) is 0 Å². The highest BCUT2D eigenvalue weighted by Crippen LogP contribution is 2.29. The molecule has 2 rings (SSSR count). The zero-order valence-electron chi connectivity index (χ0n) is 8.10. The van der Waals surface area contributed by atoms with Gasteiger partial charge in [0.1, 0.15) is 0 Å². The minimum atomic E-state index is -3.18. The lowest BCUT2D eigenvalue weighted by Crippen LogP contribution is -2.17. The lowest BCUT2D eigenvalue weighted by atomic mass is 10.2. The minimum Gasteiger partial charge on any atom is -0.283 e. The van der Waals surface area contributed by atoms with Crippen LogP contribution in [0, 0.1) is 12.3 Å². The van der Waals surface area contributed by atoms with Gasteiger partial charge in [0, 0.05) is 11.3 Å². The molecule has 15 heavy (non-hydrogen) atoms. The second-order valence-electron chi connectivity index (χ2n) is 3.57. The molecular formula is C11H11NO2S. The summed E-state index contributed by atoms with van der Waals surface area (Å²) in [6, 6.07) is 6.84.